The number of benzene rings is 1. The highest BCUT2D eigenvalue weighted by Crippen LogP contribution is 2.26. The van der Waals surface area contributed by atoms with Crippen LogP contribution < -0.4 is 0 Å². The van der Waals surface area contributed by atoms with Gasteiger partial charge < -0.3 is 9.67 Å². The molecule has 5 heteroatoms. The van der Waals surface area contributed by atoms with Crippen LogP contribution in [0.1, 0.15) is 16.1 Å². The zero-order chi connectivity index (χ0) is 12.0. The molecule has 0 fully saturated rings. The van der Waals surface area contributed by atoms with Crippen molar-refractivity contribution in [3.05, 3.63) is 35.0 Å². The van der Waals surface area contributed by atoms with Gasteiger partial charge in [-0.25, -0.2) is 13.6 Å². The number of halogens is 2. The van der Waals surface area contributed by atoms with Gasteiger partial charge in [-0.1, -0.05) is 0 Å². The highest BCUT2D eigenvalue weighted by molar-refractivity contribution is 5.95. The molecule has 0 radical (unpaired) electrons. The first-order valence-electron chi connectivity index (χ1n) is 4.60. The number of nitrogens with zero attached hydrogens (tertiary/aromatic N) is 1. The molecule has 0 aliphatic heterocycles. The molecule has 2 aromatic rings. The van der Waals surface area contributed by atoms with Gasteiger partial charge >= 0.3 is 5.97 Å². The number of carbonyl (C=O) groups is 1. The van der Waals surface area contributed by atoms with Crippen molar-refractivity contribution in [1.29, 1.82) is 0 Å². The van der Waals surface area contributed by atoms with Crippen LogP contribution >= 0.6 is 0 Å². The lowest BCUT2D eigenvalue weighted by Crippen LogP contribution is -2.03. The Kier molecular flexibility index (Phi) is 2.18. The zero-order valence-electron chi connectivity index (χ0n) is 8.71. The Hall–Kier alpha value is -1.91. The Balaban J connectivity index is 2.92. The maximum absolute atomic E-state index is 13.5. The van der Waals surface area contributed by atoms with E-state index in [2.05, 4.69) is 0 Å². The van der Waals surface area contributed by atoms with Gasteiger partial charge in [-0.2, -0.15) is 0 Å². The lowest BCUT2D eigenvalue weighted by Gasteiger charge is -2.02. The first-order valence-corrected chi connectivity index (χ1v) is 4.60. The van der Waals surface area contributed by atoms with Crippen molar-refractivity contribution < 1.29 is 18.7 Å². The summed E-state index contributed by atoms with van der Waals surface area (Å²) in [6.45, 7) is 1.44. The number of carboxylic acid groups (broad SMARTS) is 1. The molecule has 0 amide bonds. The number of fused-ring (bicyclic) bond motifs is 1. The van der Waals surface area contributed by atoms with E-state index in [1.807, 2.05) is 0 Å². The van der Waals surface area contributed by atoms with Crippen LogP contribution in [0.4, 0.5) is 8.78 Å². The van der Waals surface area contributed by atoms with Crippen LogP contribution in [0.25, 0.3) is 10.9 Å². The third-order valence-electron chi connectivity index (χ3n) is 2.63. The fraction of sp³-hybridized carbons (Fsp3) is 0.182. The summed E-state index contributed by atoms with van der Waals surface area (Å²) in [4.78, 5) is 10.8. The fourth-order valence-electron chi connectivity index (χ4n) is 1.73. The molecule has 16 heavy (non-hydrogen) atoms. The van der Waals surface area contributed by atoms with Gasteiger partial charge in [-0.05, 0) is 24.6 Å². The van der Waals surface area contributed by atoms with Crippen LogP contribution in [0.2, 0.25) is 0 Å². The van der Waals surface area contributed by atoms with Gasteiger partial charge in [-0.15, -0.1) is 0 Å². The van der Waals surface area contributed by atoms with Gasteiger partial charge in [0.25, 0.3) is 0 Å². The predicted octanol–water partition coefficient (Wildman–Crippen LogP) is 2.46. The van der Waals surface area contributed by atoms with Gasteiger partial charge in [0, 0.05) is 12.4 Å². The van der Waals surface area contributed by atoms with Gasteiger partial charge in [0.2, 0.25) is 0 Å². The van der Waals surface area contributed by atoms with E-state index in [0.29, 0.717) is 5.52 Å². The van der Waals surface area contributed by atoms with Crippen LogP contribution in [0, 0.1) is 18.6 Å². The first kappa shape index (κ1) is 10.6. The molecular formula is C11H9F2NO2. The summed E-state index contributed by atoms with van der Waals surface area (Å²) in [5.74, 6) is -3.11. The molecular weight excluding hydrogens is 216 g/mol. The van der Waals surface area contributed by atoms with Crippen LogP contribution in [-0.4, -0.2) is 15.6 Å². The molecule has 3 nitrogen and oxygen atoms in total. The minimum atomic E-state index is -1.17. The Bertz CT molecular complexity index is 602. The average molecular weight is 225 g/mol. The molecule has 0 saturated carbocycles. The largest absolute Gasteiger partial charge is 0.477 e. The monoisotopic (exact) mass is 225 g/mol. The second-order valence-electron chi connectivity index (χ2n) is 3.65. The van der Waals surface area contributed by atoms with E-state index in [1.54, 1.807) is 0 Å². The molecule has 0 aliphatic rings. The lowest BCUT2D eigenvalue weighted by atomic mass is 10.1. The van der Waals surface area contributed by atoms with Crippen LogP contribution in [0.5, 0.6) is 0 Å². The number of carboxylic acids is 1. The molecule has 1 aromatic carbocycles. The third kappa shape index (κ3) is 1.28. The maximum Gasteiger partial charge on any atom is 0.352 e. The van der Waals surface area contributed by atoms with Crippen molar-refractivity contribution in [2.24, 2.45) is 7.05 Å². The van der Waals surface area contributed by atoms with E-state index in [9.17, 15) is 13.6 Å². The van der Waals surface area contributed by atoms with Crippen molar-refractivity contribution in [2.45, 2.75) is 6.92 Å². The highest BCUT2D eigenvalue weighted by Gasteiger charge is 2.18. The average Bonchev–Trinajstić information content (AvgIpc) is 2.54. The zero-order valence-corrected chi connectivity index (χ0v) is 8.71. The van der Waals surface area contributed by atoms with E-state index in [0.717, 1.165) is 6.07 Å². The number of hydrogen-bond acceptors (Lipinski definition) is 1. The molecule has 0 unspecified atom stereocenters. The molecule has 0 bridgehead atoms. The Morgan fingerprint density at radius 3 is 2.50 bits per heavy atom. The Labute approximate surface area is 89.9 Å². The molecule has 1 aromatic heterocycles. The third-order valence-corrected chi connectivity index (χ3v) is 2.63. The SMILES string of the molecule is Cc1cc2c(cc(C(=O)O)n2C)c(F)c1F. The molecule has 1 N–H and O–H groups in total. The number of aromatic nitrogens is 1. The molecule has 0 saturated heterocycles. The van der Waals surface area contributed by atoms with Gasteiger partial charge in [0.1, 0.15) is 5.69 Å². The summed E-state index contributed by atoms with van der Waals surface area (Å²) in [5, 5.41) is 8.85. The minimum Gasteiger partial charge on any atom is -0.477 e. The topological polar surface area (TPSA) is 42.2 Å². The number of aryl methyl sites for hydroxylation is 2. The van der Waals surface area contributed by atoms with Crippen molar-refractivity contribution in [3.8, 4) is 0 Å². The van der Waals surface area contributed by atoms with Gasteiger partial charge in [0.15, 0.2) is 11.6 Å². The minimum absolute atomic E-state index is 0.0111. The van der Waals surface area contributed by atoms with Crippen LogP contribution in [0.3, 0.4) is 0 Å². The van der Waals surface area contributed by atoms with E-state index in [1.165, 1.54) is 24.6 Å². The maximum atomic E-state index is 13.5. The molecule has 1 heterocycles. The predicted molar refractivity (Wildman–Crippen MR) is 54.5 cm³/mol. The Morgan fingerprint density at radius 1 is 1.31 bits per heavy atom. The summed E-state index contributed by atoms with van der Waals surface area (Å²) in [7, 11) is 1.50. The summed E-state index contributed by atoms with van der Waals surface area (Å²) in [5.41, 5.74) is 0.454. The molecule has 84 valence electrons. The quantitative estimate of drug-likeness (QED) is 0.810. The summed E-state index contributed by atoms with van der Waals surface area (Å²) < 4.78 is 28.1. The van der Waals surface area contributed by atoms with E-state index < -0.39 is 17.6 Å². The summed E-state index contributed by atoms with van der Waals surface area (Å²) in [6.07, 6.45) is 0. The number of hydrogen-bond donors (Lipinski definition) is 1. The van der Waals surface area contributed by atoms with Gasteiger partial charge in [-0.3, -0.25) is 0 Å². The second-order valence-corrected chi connectivity index (χ2v) is 3.65. The molecule has 0 spiro atoms. The van der Waals surface area contributed by atoms with Gasteiger partial charge in [0.05, 0.1) is 5.52 Å². The summed E-state index contributed by atoms with van der Waals surface area (Å²) >= 11 is 0. The highest BCUT2D eigenvalue weighted by atomic mass is 19.2. The van der Waals surface area contributed by atoms with Crippen molar-refractivity contribution >= 4 is 16.9 Å². The molecule has 0 atom stereocenters. The number of aromatic carboxylic acids is 1. The Morgan fingerprint density at radius 2 is 1.94 bits per heavy atom. The van der Waals surface area contributed by atoms with Crippen molar-refractivity contribution in [2.75, 3.05) is 0 Å². The normalized spacial score (nSPS) is 11.0. The van der Waals surface area contributed by atoms with E-state index in [4.69, 9.17) is 5.11 Å². The second kappa shape index (κ2) is 3.30. The van der Waals surface area contributed by atoms with Crippen molar-refractivity contribution in [1.82, 2.24) is 4.57 Å². The van der Waals surface area contributed by atoms with Crippen LogP contribution in [0.15, 0.2) is 12.1 Å². The number of rotatable bonds is 1. The lowest BCUT2D eigenvalue weighted by molar-refractivity contribution is 0.0687. The van der Waals surface area contributed by atoms with E-state index >= 15 is 0 Å². The van der Waals surface area contributed by atoms with E-state index in [-0.39, 0.29) is 16.6 Å². The first-order chi connectivity index (χ1) is 7.43. The molecule has 2 rings (SSSR count). The smallest absolute Gasteiger partial charge is 0.352 e. The van der Waals surface area contributed by atoms with Crippen molar-refractivity contribution in [3.63, 3.8) is 0 Å². The standard InChI is InChI=1S/C11H9F2NO2/c1-5-3-7-6(10(13)9(5)12)4-8(11(15)16)14(7)2/h3-4H,1-2H3,(H,15,16). The van der Waals surface area contributed by atoms with Crippen LogP contribution in [-0.2, 0) is 7.05 Å². The molecule has 0 aliphatic carbocycles. The fourth-order valence-corrected chi connectivity index (χ4v) is 1.73. The summed E-state index contributed by atoms with van der Waals surface area (Å²) in [6, 6.07) is 2.57.